The highest BCUT2D eigenvalue weighted by Gasteiger charge is 2.04. The highest BCUT2D eigenvalue weighted by molar-refractivity contribution is 5.75. The second-order valence-electron chi connectivity index (χ2n) is 5.52. The summed E-state index contributed by atoms with van der Waals surface area (Å²) in [7, 11) is 0. The summed E-state index contributed by atoms with van der Waals surface area (Å²) in [5.74, 6) is 1.87. The van der Waals surface area contributed by atoms with Gasteiger partial charge in [-0.15, -0.1) is 0 Å². The predicted molar refractivity (Wildman–Crippen MR) is 78.5 cm³/mol. The van der Waals surface area contributed by atoms with Gasteiger partial charge in [0.15, 0.2) is 0 Å². The minimum Gasteiger partial charge on any atom is -0.492 e. The third-order valence-electron chi connectivity index (χ3n) is 2.83. The second kappa shape index (κ2) is 7.82. The Morgan fingerprint density at radius 2 is 1.79 bits per heavy atom. The SMILES string of the molecule is CC(C)CC(=O)NCCOc1ccc(C(C)C)cc1. The van der Waals surface area contributed by atoms with Gasteiger partial charge in [0.25, 0.3) is 0 Å². The fourth-order valence-corrected chi connectivity index (χ4v) is 1.75. The van der Waals surface area contributed by atoms with E-state index >= 15 is 0 Å². The summed E-state index contributed by atoms with van der Waals surface area (Å²) in [6, 6.07) is 8.12. The lowest BCUT2D eigenvalue weighted by molar-refractivity contribution is -0.121. The Morgan fingerprint density at radius 1 is 1.16 bits per heavy atom. The third-order valence-corrected chi connectivity index (χ3v) is 2.83. The van der Waals surface area contributed by atoms with E-state index in [0.29, 0.717) is 31.4 Å². The Labute approximate surface area is 116 Å². The molecule has 1 rings (SSSR count). The maximum atomic E-state index is 11.4. The largest absolute Gasteiger partial charge is 0.492 e. The molecule has 19 heavy (non-hydrogen) atoms. The summed E-state index contributed by atoms with van der Waals surface area (Å²) in [5, 5.41) is 2.85. The first-order valence-corrected chi connectivity index (χ1v) is 6.98. The number of rotatable bonds is 7. The minimum atomic E-state index is 0.0914. The molecule has 3 nitrogen and oxygen atoms in total. The van der Waals surface area contributed by atoms with Crippen molar-refractivity contribution in [1.82, 2.24) is 5.32 Å². The average Bonchev–Trinajstić information content (AvgIpc) is 2.34. The molecule has 0 heterocycles. The topological polar surface area (TPSA) is 38.3 Å². The lowest BCUT2D eigenvalue weighted by Crippen LogP contribution is -2.28. The summed E-state index contributed by atoms with van der Waals surface area (Å²) >= 11 is 0. The van der Waals surface area contributed by atoms with E-state index in [2.05, 4.69) is 31.3 Å². The number of benzene rings is 1. The zero-order valence-corrected chi connectivity index (χ0v) is 12.4. The van der Waals surface area contributed by atoms with Gasteiger partial charge in [0.1, 0.15) is 12.4 Å². The number of amides is 1. The van der Waals surface area contributed by atoms with Gasteiger partial charge in [-0.25, -0.2) is 0 Å². The first kappa shape index (κ1) is 15.5. The van der Waals surface area contributed by atoms with Crippen molar-refractivity contribution in [3.05, 3.63) is 29.8 Å². The van der Waals surface area contributed by atoms with Crippen LogP contribution in [0.25, 0.3) is 0 Å². The molecular weight excluding hydrogens is 238 g/mol. The van der Waals surface area contributed by atoms with Gasteiger partial charge in [-0.2, -0.15) is 0 Å². The number of carbonyl (C=O) groups excluding carboxylic acids is 1. The number of hydrogen-bond acceptors (Lipinski definition) is 2. The Kier molecular flexibility index (Phi) is 6.40. The van der Waals surface area contributed by atoms with E-state index in [1.807, 2.05) is 26.0 Å². The molecule has 0 saturated heterocycles. The fourth-order valence-electron chi connectivity index (χ4n) is 1.75. The zero-order chi connectivity index (χ0) is 14.3. The third kappa shape index (κ3) is 6.27. The highest BCUT2D eigenvalue weighted by atomic mass is 16.5. The van der Waals surface area contributed by atoms with Crippen molar-refractivity contribution in [3.63, 3.8) is 0 Å². The Morgan fingerprint density at radius 3 is 2.32 bits per heavy atom. The number of carbonyl (C=O) groups is 1. The molecule has 0 aliphatic heterocycles. The molecule has 1 aromatic carbocycles. The van der Waals surface area contributed by atoms with Gasteiger partial charge < -0.3 is 10.1 Å². The molecule has 0 bridgehead atoms. The van der Waals surface area contributed by atoms with Crippen LogP contribution < -0.4 is 10.1 Å². The van der Waals surface area contributed by atoms with E-state index in [9.17, 15) is 4.79 Å². The van der Waals surface area contributed by atoms with E-state index < -0.39 is 0 Å². The van der Waals surface area contributed by atoms with Gasteiger partial charge in [0.05, 0.1) is 6.54 Å². The van der Waals surface area contributed by atoms with E-state index in [1.54, 1.807) is 0 Å². The van der Waals surface area contributed by atoms with Crippen LogP contribution in [0.2, 0.25) is 0 Å². The smallest absolute Gasteiger partial charge is 0.220 e. The van der Waals surface area contributed by atoms with Gasteiger partial charge in [-0.1, -0.05) is 39.8 Å². The van der Waals surface area contributed by atoms with Crippen LogP contribution in [0.3, 0.4) is 0 Å². The van der Waals surface area contributed by atoms with Crippen LogP contribution in [-0.2, 0) is 4.79 Å². The standard InChI is InChI=1S/C16H25NO2/c1-12(2)11-16(18)17-9-10-19-15-7-5-14(6-8-15)13(3)4/h5-8,12-13H,9-11H2,1-4H3,(H,17,18). The molecule has 0 unspecified atom stereocenters. The van der Waals surface area contributed by atoms with Gasteiger partial charge in [0, 0.05) is 6.42 Å². The van der Waals surface area contributed by atoms with Crippen molar-refractivity contribution in [2.24, 2.45) is 5.92 Å². The molecule has 1 amide bonds. The van der Waals surface area contributed by atoms with Gasteiger partial charge in [-0.05, 0) is 29.5 Å². The molecule has 3 heteroatoms. The second-order valence-corrected chi connectivity index (χ2v) is 5.52. The summed E-state index contributed by atoms with van der Waals surface area (Å²) < 4.78 is 5.58. The molecule has 106 valence electrons. The van der Waals surface area contributed by atoms with Crippen LogP contribution in [0.4, 0.5) is 0 Å². The molecule has 0 aromatic heterocycles. The van der Waals surface area contributed by atoms with E-state index in [0.717, 1.165) is 5.75 Å². The maximum absolute atomic E-state index is 11.4. The van der Waals surface area contributed by atoms with Crippen molar-refractivity contribution in [3.8, 4) is 5.75 Å². The molecule has 0 aliphatic carbocycles. The van der Waals surface area contributed by atoms with Crippen LogP contribution in [0.1, 0.15) is 45.6 Å². The van der Waals surface area contributed by atoms with Crippen LogP contribution in [0, 0.1) is 5.92 Å². The maximum Gasteiger partial charge on any atom is 0.220 e. The van der Waals surface area contributed by atoms with Crippen LogP contribution in [0.15, 0.2) is 24.3 Å². The first-order chi connectivity index (χ1) is 8.99. The summed E-state index contributed by atoms with van der Waals surface area (Å²) in [4.78, 5) is 11.4. The normalized spacial score (nSPS) is 10.8. The Bertz CT molecular complexity index is 382. The predicted octanol–water partition coefficient (Wildman–Crippen LogP) is 3.35. The van der Waals surface area contributed by atoms with Gasteiger partial charge in [0.2, 0.25) is 5.91 Å². The highest BCUT2D eigenvalue weighted by Crippen LogP contribution is 2.18. The zero-order valence-electron chi connectivity index (χ0n) is 12.4. The summed E-state index contributed by atoms with van der Waals surface area (Å²) in [6.45, 7) is 9.46. The first-order valence-electron chi connectivity index (χ1n) is 6.98. The monoisotopic (exact) mass is 263 g/mol. The van der Waals surface area contributed by atoms with E-state index in [4.69, 9.17) is 4.74 Å². The summed E-state index contributed by atoms with van der Waals surface area (Å²) in [5.41, 5.74) is 1.30. The minimum absolute atomic E-state index is 0.0914. The van der Waals surface area contributed by atoms with E-state index in [1.165, 1.54) is 5.56 Å². The molecule has 0 fully saturated rings. The molecule has 1 aromatic rings. The van der Waals surface area contributed by atoms with Crippen molar-refractivity contribution in [2.45, 2.75) is 40.0 Å². The van der Waals surface area contributed by atoms with Gasteiger partial charge in [-0.3, -0.25) is 4.79 Å². The number of hydrogen-bond donors (Lipinski definition) is 1. The van der Waals surface area contributed by atoms with Crippen LogP contribution in [-0.4, -0.2) is 19.1 Å². The molecule has 0 saturated carbocycles. The van der Waals surface area contributed by atoms with Crippen molar-refractivity contribution in [1.29, 1.82) is 0 Å². The van der Waals surface area contributed by atoms with Gasteiger partial charge >= 0.3 is 0 Å². The molecule has 0 atom stereocenters. The Balaban J connectivity index is 2.24. The van der Waals surface area contributed by atoms with Crippen molar-refractivity contribution >= 4 is 5.91 Å². The Hall–Kier alpha value is -1.51. The fraction of sp³-hybridized carbons (Fsp3) is 0.562. The number of ether oxygens (including phenoxy) is 1. The van der Waals surface area contributed by atoms with Crippen LogP contribution in [0.5, 0.6) is 5.75 Å². The molecular formula is C16H25NO2. The van der Waals surface area contributed by atoms with Crippen LogP contribution >= 0.6 is 0 Å². The average molecular weight is 263 g/mol. The molecule has 0 radical (unpaired) electrons. The molecule has 0 aliphatic rings. The quantitative estimate of drug-likeness (QED) is 0.766. The molecule has 1 N–H and O–H groups in total. The molecule has 0 spiro atoms. The lowest BCUT2D eigenvalue weighted by Gasteiger charge is -2.10. The van der Waals surface area contributed by atoms with Crippen molar-refractivity contribution in [2.75, 3.05) is 13.2 Å². The van der Waals surface area contributed by atoms with Crippen molar-refractivity contribution < 1.29 is 9.53 Å². The summed E-state index contributed by atoms with van der Waals surface area (Å²) in [6.07, 6.45) is 0.573. The number of nitrogens with one attached hydrogen (secondary N) is 1. The van der Waals surface area contributed by atoms with E-state index in [-0.39, 0.29) is 5.91 Å². The lowest BCUT2D eigenvalue weighted by atomic mass is 10.0.